The van der Waals surface area contributed by atoms with Crippen molar-refractivity contribution in [2.45, 2.75) is 57.2 Å². The summed E-state index contributed by atoms with van der Waals surface area (Å²) in [4.78, 5) is 25.1. The lowest BCUT2D eigenvalue weighted by molar-refractivity contribution is -0.385. The molecule has 0 unspecified atom stereocenters. The lowest BCUT2D eigenvalue weighted by atomic mass is 9.78. The van der Waals surface area contributed by atoms with Crippen LogP contribution in [0.25, 0.3) is 0 Å². The molecule has 0 aromatic heterocycles. The van der Waals surface area contributed by atoms with Crippen LogP contribution in [0.3, 0.4) is 0 Å². The molecule has 2 aliphatic rings. The molecule has 2 atom stereocenters. The van der Waals surface area contributed by atoms with E-state index in [1.54, 1.807) is 17.9 Å². The number of fused-ring (bicyclic) bond motifs is 1. The fourth-order valence-electron chi connectivity index (χ4n) is 4.52. The van der Waals surface area contributed by atoms with Crippen molar-refractivity contribution in [3.8, 4) is 0 Å². The summed E-state index contributed by atoms with van der Waals surface area (Å²) in [6.07, 6.45) is 6.40. The standard InChI is InChI=1S/C19H26N2O5S/c1-14-16(7-4-10-17(14)21(23)24)12-27(25,26)13-19(22)20-11-5-8-15-6-2-3-9-18(15)20/h4,7,10,15,18H,2-3,5-6,8-9,11-13H2,1H3/t15-,18-/m1/s1. The van der Waals surface area contributed by atoms with Crippen molar-refractivity contribution in [2.75, 3.05) is 12.3 Å². The van der Waals surface area contributed by atoms with Gasteiger partial charge in [0.05, 0.1) is 10.7 Å². The van der Waals surface area contributed by atoms with E-state index in [-0.39, 0.29) is 23.4 Å². The first-order valence-corrected chi connectivity index (χ1v) is 11.3. The van der Waals surface area contributed by atoms with Gasteiger partial charge in [0.25, 0.3) is 5.69 Å². The first-order chi connectivity index (χ1) is 12.8. The minimum Gasteiger partial charge on any atom is -0.339 e. The maximum Gasteiger partial charge on any atom is 0.272 e. The van der Waals surface area contributed by atoms with Crippen LogP contribution in [0.4, 0.5) is 5.69 Å². The Labute approximate surface area is 159 Å². The van der Waals surface area contributed by atoms with E-state index >= 15 is 0 Å². The van der Waals surface area contributed by atoms with Gasteiger partial charge in [-0.3, -0.25) is 14.9 Å². The molecular formula is C19H26N2O5S. The number of benzene rings is 1. The summed E-state index contributed by atoms with van der Waals surface area (Å²) in [5.74, 6) is -0.708. The van der Waals surface area contributed by atoms with Crippen LogP contribution in [0, 0.1) is 23.0 Å². The van der Waals surface area contributed by atoms with Gasteiger partial charge in [-0.1, -0.05) is 25.0 Å². The molecule has 1 saturated carbocycles. The Kier molecular flexibility index (Phi) is 5.83. The zero-order chi connectivity index (χ0) is 19.6. The zero-order valence-electron chi connectivity index (χ0n) is 15.6. The number of nitro benzene ring substituents is 1. The number of piperidine rings is 1. The molecule has 7 nitrogen and oxygen atoms in total. The van der Waals surface area contributed by atoms with E-state index in [1.807, 2.05) is 0 Å². The molecule has 1 amide bonds. The van der Waals surface area contributed by atoms with E-state index in [4.69, 9.17) is 0 Å². The van der Waals surface area contributed by atoms with Crippen LogP contribution in [0.5, 0.6) is 0 Å². The predicted molar refractivity (Wildman–Crippen MR) is 102 cm³/mol. The van der Waals surface area contributed by atoms with Crippen molar-refractivity contribution in [3.63, 3.8) is 0 Å². The first-order valence-electron chi connectivity index (χ1n) is 9.51. The van der Waals surface area contributed by atoms with E-state index in [1.165, 1.54) is 18.6 Å². The van der Waals surface area contributed by atoms with Gasteiger partial charge in [0, 0.05) is 24.2 Å². The molecule has 3 rings (SSSR count). The quantitative estimate of drug-likeness (QED) is 0.565. The van der Waals surface area contributed by atoms with Crippen LogP contribution >= 0.6 is 0 Å². The number of hydrogen-bond donors (Lipinski definition) is 0. The second-order valence-corrected chi connectivity index (χ2v) is 9.76. The number of carbonyl (C=O) groups excluding carboxylic acids is 1. The zero-order valence-corrected chi connectivity index (χ0v) is 16.4. The highest BCUT2D eigenvalue weighted by Gasteiger charge is 2.36. The number of nitro groups is 1. The predicted octanol–water partition coefficient (Wildman–Crippen LogP) is 3.00. The molecule has 148 valence electrons. The topological polar surface area (TPSA) is 97.6 Å². The van der Waals surface area contributed by atoms with Gasteiger partial charge in [0.2, 0.25) is 5.91 Å². The summed E-state index contributed by atoms with van der Waals surface area (Å²) in [6.45, 7) is 2.17. The minimum absolute atomic E-state index is 0.102. The maximum atomic E-state index is 12.8. The summed E-state index contributed by atoms with van der Waals surface area (Å²) in [6, 6.07) is 4.58. The third-order valence-corrected chi connectivity index (χ3v) is 7.33. The summed E-state index contributed by atoms with van der Waals surface area (Å²) in [7, 11) is -3.70. The summed E-state index contributed by atoms with van der Waals surface area (Å²) < 4.78 is 25.3. The minimum atomic E-state index is -3.70. The van der Waals surface area contributed by atoms with E-state index in [9.17, 15) is 23.3 Å². The molecule has 8 heteroatoms. The number of sulfone groups is 1. The second-order valence-electron chi connectivity index (χ2n) is 7.69. The fourth-order valence-corrected chi connectivity index (χ4v) is 5.95. The lowest BCUT2D eigenvalue weighted by Gasteiger charge is -2.44. The average Bonchev–Trinajstić information content (AvgIpc) is 2.62. The number of carbonyl (C=O) groups is 1. The third kappa shape index (κ3) is 4.48. The molecule has 0 spiro atoms. The van der Waals surface area contributed by atoms with Gasteiger partial charge in [-0.05, 0) is 44.1 Å². The fraction of sp³-hybridized carbons (Fsp3) is 0.632. The van der Waals surface area contributed by atoms with Crippen molar-refractivity contribution < 1.29 is 18.1 Å². The SMILES string of the molecule is Cc1c(CS(=O)(=O)CC(=O)N2CCC[C@H]3CCCC[C@H]32)cccc1[N+](=O)[O-]. The van der Waals surface area contributed by atoms with Gasteiger partial charge in [0.1, 0.15) is 5.75 Å². The van der Waals surface area contributed by atoms with Crippen molar-refractivity contribution in [1.82, 2.24) is 4.90 Å². The molecule has 1 aromatic rings. The molecule has 1 aliphatic carbocycles. The van der Waals surface area contributed by atoms with Gasteiger partial charge < -0.3 is 4.90 Å². The number of rotatable bonds is 5. The molecule has 0 N–H and O–H groups in total. The van der Waals surface area contributed by atoms with Crippen molar-refractivity contribution in [3.05, 3.63) is 39.4 Å². The van der Waals surface area contributed by atoms with Gasteiger partial charge in [0.15, 0.2) is 9.84 Å². The van der Waals surface area contributed by atoms with Crippen LogP contribution in [0.2, 0.25) is 0 Å². The van der Waals surface area contributed by atoms with E-state index in [0.29, 0.717) is 23.6 Å². The Bertz CT molecular complexity index is 835. The van der Waals surface area contributed by atoms with Crippen molar-refractivity contribution in [1.29, 1.82) is 0 Å². The summed E-state index contributed by atoms with van der Waals surface area (Å²) in [5.41, 5.74) is 0.616. The Balaban J connectivity index is 1.72. The Hall–Kier alpha value is -1.96. The molecule has 1 heterocycles. The molecule has 1 aromatic carbocycles. The van der Waals surface area contributed by atoms with Crippen molar-refractivity contribution >= 4 is 21.4 Å². The summed E-state index contributed by atoms with van der Waals surface area (Å²) in [5, 5.41) is 11.1. The highest BCUT2D eigenvalue weighted by molar-refractivity contribution is 7.91. The Morgan fingerprint density at radius 3 is 2.67 bits per heavy atom. The normalized spacial score (nSPS) is 22.9. The van der Waals surface area contributed by atoms with Crippen LogP contribution in [-0.4, -0.2) is 42.5 Å². The molecule has 1 aliphatic heterocycles. The van der Waals surface area contributed by atoms with Crippen LogP contribution in [0.1, 0.15) is 49.7 Å². The second kappa shape index (κ2) is 7.96. The van der Waals surface area contributed by atoms with E-state index in [0.717, 1.165) is 32.1 Å². The molecule has 1 saturated heterocycles. The first kappa shape index (κ1) is 19.8. The van der Waals surface area contributed by atoms with Gasteiger partial charge >= 0.3 is 0 Å². The third-order valence-electron chi connectivity index (χ3n) is 5.90. The highest BCUT2D eigenvalue weighted by atomic mass is 32.2. The monoisotopic (exact) mass is 394 g/mol. The highest BCUT2D eigenvalue weighted by Crippen LogP contribution is 2.35. The number of nitrogens with zero attached hydrogens (tertiary/aromatic N) is 2. The van der Waals surface area contributed by atoms with Crippen molar-refractivity contribution in [2.24, 2.45) is 5.92 Å². The van der Waals surface area contributed by atoms with Gasteiger partial charge in [-0.25, -0.2) is 8.42 Å². The van der Waals surface area contributed by atoms with Crippen LogP contribution in [0.15, 0.2) is 18.2 Å². The van der Waals surface area contributed by atoms with E-state index in [2.05, 4.69) is 0 Å². The molecule has 0 bridgehead atoms. The molecular weight excluding hydrogens is 368 g/mol. The number of amides is 1. The van der Waals surface area contributed by atoms with Crippen LogP contribution < -0.4 is 0 Å². The number of hydrogen-bond acceptors (Lipinski definition) is 5. The van der Waals surface area contributed by atoms with Crippen LogP contribution in [-0.2, 0) is 20.4 Å². The largest absolute Gasteiger partial charge is 0.339 e. The maximum absolute atomic E-state index is 12.8. The lowest BCUT2D eigenvalue weighted by Crippen LogP contribution is -2.51. The molecule has 27 heavy (non-hydrogen) atoms. The van der Waals surface area contributed by atoms with Gasteiger partial charge in [-0.2, -0.15) is 0 Å². The smallest absolute Gasteiger partial charge is 0.272 e. The molecule has 2 fully saturated rings. The Morgan fingerprint density at radius 1 is 1.22 bits per heavy atom. The Morgan fingerprint density at radius 2 is 1.93 bits per heavy atom. The number of likely N-dealkylation sites (tertiary alicyclic amines) is 1. The van der Waals surface area contributed by atoms with Gasteiger partial charge in [-0.15, -0.1) is 0 Å². The summed E-state index contributed by atoms with van der Waals surface area (Å²) >= 11 is 0. The van der Waals surface area contributed by atoms with E-state index < -0.39 is 20.5 Å². The average molecular weight is 394 g/mol. The molecule has 0 radical (unpaired) electrons.